The third-order valence-electron chi connectivity index (χ3n) is 5.06. The SMILES string of the molecule is Cc1nn(C)cc1C(C)NC[C@@H]1CCO[C@@H]1c1nc(C2CC2)no1. The molecule has 2 aliphatic rings. The summed E-state index contributed by atoms with van der Waals surface area (Å²) in [6.45, 7) is 5.83. The Bertz CT molecular complexity index is 706. The average molecular weight is 331 g/mol. The van der Waals surface area contributed by atoms with E-state index in [4.69, 9.17) is 9.26 Å². The molecule has 2 aromatic rings. The van der Waals surface area contributed by atoms with Crippen LogP contribution in [0.4, 0.5) is 0 Å². The number of aryl methyl sites for hydroxylation is 2. The van der Waals surface area contributed by atoms with Gasteiger partial charge in [-0.2, -0.15) is 10.1 Å². The van der Waals surface area contributed by atoms with Gasteiger partial charge in [0.1, 0.15) is 6.10 Å². The molecule has 1 saturated heterocycles. The van der Waals surface area contributed by atoms with Gasteiger partial charge in [-0.15, -0.1) is 0 Å². The van der Waals surface area contributed by atoms with Crippen molar-refractivity contribution in [1.29, 1.82) is 0 Å². The molecule has 1 aliphatic heterocycles. The van der Waals surface area contributed by atoms with Crippen molar-refractivity contribution < 1.29 is 9.26 Å². The predicted octanol–water partition coefficient (Wildman–Crippen LogP) is 2.42. The molecular weight excluding hydrogens is 306 g/mol. The molecule has 130 valence electrons. The highest BCUT2D eigenvalue weighted by atomic mass is 16.5. The Balaban J connectivity index is 1.38. The summed E-state index contributed by atoms with van der Waals surface area (Å²) < 4.78 is 13.2. The van der Waals surface area contributed by atoms with Crippen LogP contribution in [0.15, 0.2) is 10.7 Å². The van der Waals surface area contributed by atoms with E-state index in [0.29, 0.717) is 17.7 Å². The summed E-state index contributed by atoms with van der Waals surface area (Å²) in [5.41, 5.74) is 2.31. The van der Waals surface area contributed by atoms with Crippen molar-refractivity contribution in [3.8, 4) is 0 Å². The monoisotopic (exact) mass is 331 g/mol. The number of aromatic nitrogens is 4. The molecule has 24 heavy (non-hydrogen) atoms. The highest BCUT2D eigenvalue weighted by molar-refractivity contribution is 5.19. The second kappa shape index (κ2) is 6.29. The van der Waals surface area contributed by atoms with E-state index in [0.717, 1.165) is 31.1 Å². The normalized spacial score (nSPS) is 25.3. The topological polar surface area (TPSA) is 78.0 Å². The van der Waals surface area contributed by atoms with Gasteiger partial charge in [-0.25, -0.2) is 0 Å². The van der Waals surface area contributed by atoms with Crippen molar-refractivity contribution in [1.82, 2.24) is 25.2 Å². The van der Waals surface area contributed by atoms with Gasteiger partial charge in [-0.05, 0) is 33.1 Å². The maximum Gasteiger partial charge on any atom is 0.256 e. The Hall–Kier alpha value is -1.73. The molecule has 0 spiro atoms. The van der Waals surface area contributed by atoms with Crippen LogP contribution in [0.1, 0.15) is 67.2 Å². The number of nitrogens with one attached hydrogen (secondary N) is 1. The summed E-state index contributed by atoms with van der Waals surface area (Å²) in [7, 11) is 1.96. The largest absolute Gasteiger partial charge is 0.368 e. The van der Waals surface area contributed by atoms with E-state index < -0.39 is 0 Å². The molecule has 1 N–H and O–H groups in total. The van der Waals surface area contributed by atoms with Gasteiger partial charge < -0.3 is 14.6 Å². The maximum absolute atomic E-state index is 5.88. The summed E-state index contributed by atoms with van der Waals surface area (Å²) in [6, 6.07) is 0.254. The number of ether oxygens (including phenoxy) is 1. The molecule has 2 fully saturated rings. The molecule has 4 rings (SSSR count). The Morgan fingerprint density at radius 3 is 2.92 bits per heavy atom. The number of hydrogen-bond donors (Lipinski definition) is 1. The van der Waals surface area contributed by atoms with E-state index in [1.54, 1.807) is 0 Å². The van der Waals surface area contributed by atoms with Crippen molar-refractivity contribution in [3.63, 3.8) is 0 Å². The van der Waals surface area contributed by atoms with Crippen LogP contribution in [0.2, 0.25) is 0 Å². The second-order valence-corrected chi connectivity index (χ2v) is 7.08. The first-order valence-corrected chi connectivity index (χ1v) is 8.80. The van der Waals surface area contributed by atoms with Crippen molar-refractivity contribution in [2.45, 2.75) is 51.2 Å². The lowest BCUT2D eigenvalue weighted by atomic mass is 10.0. The summed E-state index contributed by atoms with van der Waals surface area (Å²) in [5, 5.41) is 12.1. The predicted molar refractivity (Wildman–Crippen MR) is 87.4 cm³/mol. The first kappa shape index (κ1) is 15.8. The van der Waals surface area contributed by atoms with Crippen molar-refractivity contribution in [3.05, 3.63) is 29.2 Å². The number of rotatable bonds is 6. The molecule has 0 aromatic carbocycles. The van der Waals surface area contributed by atoms with Crippen molar-refractivity contribution >= 4 is 0 Å². The molecular formula is C17H25N5O2. The highest BCUT2D eigenvalue weighted by Gasteiger charge is 2.36. The molecule has 7 nitrogen and oxygen atoms in total. The average Bonchev–Trinajstić information content (AvgIpc) is 2.97. The zero-order valence-electron chi connectivity index (χ0n) is 14.5. The second-order valence-electron chi connectivity index (χ2n) is 7.08. The van der Waals surface area contributed by atoms with Crippen LogP contribution in [-0.2, 0) is 11.8 Å². The maximum atomic E-state index is 5.88. The van der Waals surface area contributed by atoms with E-state index in [-0.39, 0.29) is 12.1 Å². The van der Waals surface area contributed by atoms with E-state index in [1.807, 2.05) is 18.7 Å². The van der Waals surface area contributed by atoms with Gasteiger partial charge in [-0.3, -0.25) is 4.68 Å². The lowest BCUT2D eigenvalue weighted by molar-refractivity contribution is 0.0619. The molecule has 3 heterocycles. The molecule has 0 bridgehead atoms. The standard InChI is InChI=1S/C17H25N5O2/c1-10(14-9-22(3)20-11(14)2)18-8-13-6-7-23-15(13)17-19-16(21-24-17)12-4-5-12/h9-10,12-13,15,18H,4-8H2,1-3H3/t10?,13-,15-/m0/s1. The van der Waals surface area contributed by atoms with Crippen LogP contribution in [0.25, 0.3) is 0 Å². The van der Waals surface area contributed by atoms with Gasteiger partial charge in [0.05, 0.1) is 5.69 Å². The Labute approximate surface area is 141 Å². The van der Waals surface area contributed by atoms with Gasteiger partial charge in [0.25, 0.3) is 5.89 Å². The Morgan fingerprint density at radius 2 is 2.21 bits per heavy atom. The van der Waals surface area contributed by atoms with Crippen LogP contribution in [-0.4, -0.2) is 33.1 Å². The Kier molecular flexibility index (Phi) is 4.14. The lowest BCUT2D eigenvalue weighted by Gasteiger charge is -2.19. The van der Waals surface area contributed by atoms with Crippen LogP contribution in [0.3, 0.4) is 0 Å². The summed E-state index contributed by atoms with van der Waals surface area (Å²) in [4.78, 5) is 4.56. The highest BCUT2D eigenvalue weighted by Crippen LogP contribution is 2.40. The van der Waals surface area contributed by atoms with Crippen LogP contribution in [0.5, 0.6) is 0 Å². The van der Waals surface area contributed by atoms with Crippen LogP contribution in [0, 0.1) is 12.8 Å². The Morgan fingerprint density at radius 1 is 1.38 bits per heavy atom. The number of hydrogen-bond acceptors (Lipinski definition) is 6. The van der Waals surface area contributed by atoms with Crippen molar-refractivity contribution in [2.75, 3.05) is 13.2 Å². The van der Waals surface area contributed by atoms with E-state index in [2.05, 4.69) is 33.7 Å². The number of nitrogens with zero attached hydrogens (tertiary/aromatic N) is 4. The van der Waals surface area contributed by atoms with Gasteiger partial charge >= 0.3 is 0 Å². The third kappa shape index (κ3) is 3.10. The molecule has 1 aliphatic carbocycles. The molecule has 7 heteroatoms. The van der Waals surface area contributed by atoms with Gasteiger partial charge in [0, 0.05) is 49.8 Å². The van der Waals surface area contributed by atoms with E-state index in [9.17, 15) is 0 Å². The third-order valence-corrected chi connectivity index (χ3v) is 5.06. The molecule has 2 aromatic heterocycles. The molecule has 0 amide bonds. The fourth-order valence-corrected chi connectivity index (χ4v) is 3.47. The summed E-state index contributed by atoms with van der Waals surface area (Å²) in [6.07, 6.45) is 5.36. The van der Waals surface area contributed by atoms with Gasteiger partial charge in [-0.1, -0.05) is 5.16 Å². The minimum Gasteiger partial charge on any atom is -0.368 e. The van der Waals surface area contributed by atoms with Crippen LogP contribution >= 0.6 is 0 Å². The van der Waals surface area contributed by atoms with Crippen molar-refractivity contribution in [2.24, 2.45) is 13.0 Å². The fourth-order valence-electron chi connectivity index (χ4n) is 3.47. The molecule has 3 atom stereocenters. The zero-order chi connectivity index (χ0) is 16.7. The zero-order valence-corrected chi connectivity index (χ0v) is 14.5. The van der Waals surface area contributed by atoms with Crippen LogP contribution < -0.4 is 5.32 Å². The molecule has 1 unspecified atom stereocenters. The van der Waals surface area contributed by atoms with Gasteiger partial charge in [0.2, 0.25) is 0 Å². The summed E-state index contributed by atoms with van der Waals surface area (Å²) in [5.74, 6) is 2.36. The lowest BCUT2D eigenvalue weighted by Crippen LogP contribution is -2.27. The smallest absolute Gasteiger partial charge is 0.256 e. The van der Waals surface area contributed by atoms with E-state index >= 15 is 0 Å². The van der Waals surface area contributed by atoms with Gasteiger partial charge in [0.15, 0.2) is 5.82 Å². The first-order chi connectivity index (χ1) is 11.6. The minimum atomic E-state index is -0.0836. The molecule has 0 radical (unpaired) electrons. The quantitative estimate of drug-likeness (QED) is 0.876. The molecule has 1 saturated carbocycles. The first-order valence-electron chi connectivity index (χ1n) is 8.80. The minimum absolute atomic E-state index is 0.0836. The summed E-state index contributed by atoms with van der Waals surface area (Å²) >= 11 is 0. The van der Waals surface area contributed by atoms with E-state index in [1.165, 1.54) is 18.4 Å². The fraction of sp³-hybridized carbons (Fsp3) is 0.706.